The fraction of sp³-hybridized carbons (Fsp3) is 0.550. The van der Waals surface area contributed by atoms with Crippen LogP contribution in [0.25, 0.3) is 11.4 Å². The number of amides is 1. The quantitative estimate of drug-likeness (QED) is 0.645. The molecule has 0 saturated carbocycles. The topological polar surface area (TPSA) is 94.5 Å². The molecule has 0 aliphatic carbocycles. The highest BCUT2D eigenvalue weighted by molar-refractivity contribution is 5.85. The molecule has 0 saturated heterocycles. The molecule has 0 bridgehead atoms. The Morgan fingerprint density at radius 2 is 1.96 bits per heavy atom. The number of aromatic nitrogens is 2. The Morgan fingerprint density at radius 1 is 1.29 bits per heavy atom. The first-order valence-corrected chi connectivity index (χ1v) is 9.46. The molecule has 1 aromatic heterocycles. The van der Waals surface area contributed by atoms with E-state index in [2.05, 4.69) is 24.0 Å². The maximum atomic E-state index is 12.3. The van der Waals surface area contributed by atoms with Crippen molar-refractivity contribution in [2.75, 3.05) is 20.2 Å². The fourth-order valence-electron chi connectivity index (χ4n) is 2.55. The van der Waals surface area contributed by atoms with E-state index in [1.54, 1.807) is 11.9 Å². The minimum absolute atomic E-state index is 0. The highest BCUT2D eigenvalue weighted by Crippen LogP contribution is 2.20. The summed E-state index contributed by atoms with van der Waals surface area (Å²) < 4.78 is 10.7. The van der Waals surface area contributed by atoms with Gasteiger partial charge >= 0.3 is 0 Å². The average molecular weight is 411 g/mol. The molecular weight excluding hydrogens is 380 g/mol. The van der Waals surface area contributed by atoms with Crippen molar-refractivity contribution in [2.45, 2.75) is 46.1 Å². The molecule has 8 heteroatoms. The van der Waals surface area contributed by atoms with Crippen LogP contribution in [0.3, 0.4) is 0 Å². The Kier molecular flexibility index (Phi) is 9.96. The van der Waals surface area contributed by atoms with Crippen LogP contribution in [0.1, 0.15) is 39.5 Å². The SMILES string of the molecule is CCOc1ccc(-c2noc(CCC(=O)N(C)CCC(N)C(C)C)n2)cc1.Cl. The van der Waals surface area contributed by atoms with Crippen LogP contribution in [0.5, 0.6) is 5.75 Å². The third kappa shape index (κ3) is 7.13. The second-order valence-electron chi connectivity index (χ2n) is 6.98. The van der Waals surface area contributed by atoms with Crippen molar-refractivity contribution in [3.63, 3.8) is 0 Å². The van der Waals surface area contributed by atoms with Crippen molar-refractivity contribution in [2.24, 2.45) is 11.7 Å². The van der Waals surface area contributed by atoms with E-state index >= 15 is 0 Å². The number of hydrogen-bond acceptors (Lipinski definition) is 6. The van der Waals surface area contributed by atoms with Gasteiger partial charge in [-0.15, -0.1) is 12.4 Å². The number of benzene rings is 1. The van der Waals surface area contributed by atoms with E-state index in [4.69, 9.17) is 15.0 Å². The second kappa shape index (κ2) is 11.7. The maximum absolute atomic E-state index is 12.3. The van der Waals surface area contributed by atoms with Crippen LogP contribution < -0.4 is 10.5 Å². The molecule has 1 atom stereocenters. The number of halogens is 1. The summed E-state index contributed by atoms with van der Waals surface area (Å²) in [4.78, 5) is 18.3. The molecule has 0 aliphatic rings. The third-order valence-electron chi connectivity index (χ3n) is 4.52. The van der Waals surface area contributed by atoms with Gasteiger partial charge in [0.15, 0.2) is 0 Å². The Bertz CT molecular complexity index is 718. The van der Waals surface area contributed by atoms with Crippen LogP contribution in [0.2, 0.25) is 0 Å². The molecule has 1 aromatic carbocycles. The highest BCUT2D eigenvalue weighted by Gasteiger charge is 2.15. The van der Waals surface area contributed by atoms with E-state index in [9.17, 15) is 4.79 Å². The molecule has 28 heavy (non-hydrogen) atoms. The third-order valence-corrected chi connectivity index (χ3v) is 4.52. The summed E-state index contributed by atoms with van der Waals surface area (Å²) in [5.74, 6) is 2.23. The summed E-state index contributed by atoms with van der Waals surface area (Å²) in [5, 5.41) is 4.00. The van der Waals surface area contributed by atoms with Gasteiger partial charge in [0, 0.05) is 38.0 Å². The van der Waals surface area contributed by atoms with Crippen LogP contribution >= 0.6 is 12.4 Å². The number of hydrogen-bond donors (Lipinski definition) is 1. The molecule has 1 heterocycles. The number of nitrogens with zero attached hydrogens (tertiary/aromatic N) is 3. The van der Waals surface area contributed by atoms with Gasteiger partial charge in [-0.2, -0.15) is 4.98 Å². The van der Waals surface area contributed by atoms with Crippen molar-refractivity contribution in [3.8, 4) is 17.1 Å². The Hall–Kier alpha value is -2.12. The number of ether oxygens (including phenoxy) is 1. The summed E-state index contributed by atoms with van der Waals surface area (Å²) in [5.41, 5.74) is 6.88. The zero-order valence-corrected chi connectivity index (χ0v) is 17.9. The van der Waals surface area contributed by atoms with E-state index in [1.807, 2.05) is 31.2 Å². The van der Waals surface area contributed by atoms with Gasteiger partial charge in [0.25, 0.3) is 0 Å². The van der Waals surface area contributed by atoms with Gasteiger partial charge in [-0.3, -0.25) is 4.79 Å². The van der Waals surface area contributed by atoms with Crippen molar-refractivity contribution in [1.29, 1.82) is 0 Å². The van der Waals surface area contributed by atoms with Crippen molar-refractivity contribution in [3.05, 3.63) is 30.2 Å². The van der Waals surface area contributed by atoms with Crippen LogP contribution in [0, 0.1) is 5.92 Å². The molecule has 2 N–H and O–H groups in total. The second-order valence-corrected chi connectivity index (χ2v) is 6.98. The molecule has 0 radical (unpaired) electrons. The van der Waals surface area contributed by atoms with Gasteiger partial charge in [-0.05, 0) is 43.5 Å². The molecule has 2 aromatic rings. The summed E-state index contributed by atoms with van der Waals surface area (Å²) in [6.45, 7) is 7.39. The Labute approximate surface area is 173 Å². The molecular formula is C20H31ClN4O3. The largest absolute Gasteiger partial charge is 0.494 e. The van der Waals surface area contributed by atoms with Crippen molar-refractivity contribution in [1.82, 2.24) is 15.0 Å². The summed E-state index contributed by atoms with van der Waals surface area (Å²) in [7, 11) is 1.80. The van der Waals surface area contributed by atoms with Gasteiger partial charge in [-0.25, -0.2) is 0 Å². The first-order chi connectivity index (χ1) is 12.9. The van der Waals surface area contributed by atoms with E-state index in [0.29, 0.717) is 43.6 Å². The number of aryl methyl sites for hydroxylation is 1. The van der Waals surface area contributed by atoms with E-state index in [-0.39, 0.29) is 24.4 Å². The number of nitrogens with two attached hydrogens (primary N) is 1. The Balaban J connectivity index is 0.00000392. The number of rotatable bonds is 10. The zero-order chi connectivity index (χ0) is 19.8. The summed E-state index contributed by atoms with van der Waals surface area (Å²) >= 11 is 0. The molecule has 2 rings (SSSR count). The van der Waals surface area contributed by atoms with Gasteiger partial charge < -0.3 is 19.9 Å². The van der Waals surface area contributed by atoms with Crippen molar-refractivity contribution >= 4 is 18.3 Å². The highest BCUT2D eigenvalue weighted by atomic mass is 35.5. The minimum Gasteiger partial charge on any atom is -0.494 e. The first-order valence-electron chi connectivity index (χ1n) is 9.46. The zero-order valence-electron chi connectivity index (χ0n) is 17.1. The van der Waals surface area contributed by atoms with E-state index in [0.717, 1.165) is 17.7 Å². The molecule has 156 valence electrons. The van der Waals surface area contributed by atoms with Crippen LogP contribution in [-0.4, -0.2) is 47.2 Å². The lowest BCUT2D eigenvalue weighted by Gasteiger charge is -2.21. The van der Waals surface area contributed by atoms with E-state index in [1.165, 1.54) is 0 Å². The van der Waals surface area contributed by atoms with Crippen LogP contribution in [0.15, 0.2) is 28.8 Å². The van der Waals surface area contributed by atoms with Crippen LogP contribution in [-0.2, 0) is 11.2 Å². The normalized spacial score (nSPS) is 11.8. The summed E-state index contributed by atoms with van der Waals surface area (Å²) in [6.07, 6.45) is 1.55. The molecule has 7 nitrogen and oxygen atoms in total. The first kappa shape index (κ1) is 23.9. The number of carbonyl (C=O) groups is 1. The molecule has 0 spiro atoms. The predicted octanol–water partition coefficient (Wildman–Crippen LogP) is 3.32. The van der Waals surface area contributed by atoms with E-state index < -0.39 is 0 Å². The predicted molar refractivity (Wildman–Crippen MR) is 112 cm³/mol. The average Bonchev–Trinajstić information content (AvgIpc) is 3.13. The fourth-order valence-corrected chi connectivity index (χ4v) is 2.55. The molecule has 0 aliphatic heterocycles. The van der Waals surface area contributed by atoms with Gasteiger partial charge in [-0.1, -0.05) is 19.0 Å². The van der Waals surface area contributed by atoms with Gasteiger partial charge in [0.05, 0.1) is 6.61 Å². The van der Waals surface area contributed by atoms with Gasteiger partial charge in [0.2, 0.25) is 17.6 Å². The Morgan fingerprint density at radius 3 is 2.57 bits per heavy atom. The lowest BCUT2D eigenvalue weighted by molar-refractivity contribution is -0.130. The molecule has 1 unspecified atom stereocenters. The number of carbonyl (C=O) groups excluding carboxylic acids is 1. The lowest BCUT2D eigenvalue weighted by atomic mass is 10.0. The monoisotopic (exact) mass is 410 g/mol. The minimum atomic E-state index is 0. The lowest BCUT2D eigenvalue weighted by Crippen LogP contribution is -2.34. The molecule has 1 amide bonds. The van der Waals surface area contributed by atoms with Crippen LogP contribution in [0.4, 0.5) is 0 Å². The standard InChI is InChI=1S/C20H30N4O3.ClH/c1-5-26-16-8-6-15(7-9-16)20-22-18(27-23-20)10-11-19(25)24(4)13-12-17(21)14(2)3;/h6-9,14,17H,5,10-13,21H2,1-4H3;1H. The molecule has 0 fully saturated rings. The van der Waals surface area contributed by atoms with Gasteiger partial charge in [0.1, 0.15) is 5.75 Å². The summed E-state index contributed by atoms with van der Waals surface area (Å²) in [6, 6.07) is 7.62. The maximum Gasteiger partial charge on any atom is 0.227 e. The van der Waals surface area contributed by atoms with Crippen molar-refractivity contribution < 1.29 is 14.1 Å². The smallest absolute Gasteiger partial charge is 0.227 e.